The molecule has 0 aliphatic heterocycles. The molecular formula is C30H28OSi. The molecule has 158 valence electrons. The molecule has 0 radical (unpaired) electrons. The smallest absolute Gasteiger partial charge is 0.205 e. The van der Waals surface area contributed by atoms with Crippen molar-refractivity contribution >= 4 is 18.4 Å². The summed E-state index contributed by atoms with van der Waals surface area (Å²) in [6.07, 6.45) is 6.37. The van der Waals surface area contributed by atoms with Crippen molar-refractivity contribution < 1.29 is 5.11 Å². The SMILES string of the molecule is CC(O)/C=C/C=C/C#CC#CC#CC#C[Si](c1ccccc1)(c1ccccc1)C(C)(C)C. The first-order chi connectivity index (χ1) is 15.4. The fourth-order valence-corrected chi connectivity index (χ4v) is 7.76. The molecule has 0 fully saturated rings. The van der Waals surface area contributed by atoms with Gasteiger partial charge in [-0.3, -0.25) is 0 Å². The van der Waals surface area contributed by atoms with E-state index >= 15 is 0 Å². The molecule has 0 spiro atoms. The van der Waals surface area contributed by atoms with E-state index in [9.17, 15) is 0 Å². The van der Waals surface area contributed by atoms with Gasteiger partial charge in [-0.1, -0.05) is 106 Å². The van der Waals surface area contributed by atoms with E-state index in [1.807, 2.05) is 12.1 Å². The topological polar surface area (TPSA) is 20.2 Å². The highest BCUT2D eigenvalue weighted by Crippen LogP contribution is 2.35. The molecule has 0 saturated heterocycles. The Labute approximate surface area is 194 Å². The molecule has 0 saturated carbocycles. The van der Waals surface area contributed by atoms with Gasteiger partial charge < -0.3 is 5.11 Å². The maximum Gasteiger partial charge on any atom is 0.205 e. The minimum atomic E-state index is -2.42. The summed E-state index contributed by atoms with van der Waals surface area (Å²) >= 11 is 0. The van der Waals surface area contributed by atoms with E-state index in [2.05, 4.69) is 116 Å². The second kappa shape index (κ2) is 12.3. The summed E-state index contributed by atoms with van der Waals surface area (Å²) in [6.45, 7) is 8.48. The van der Waals surface area contributed by atoms with Gasteiger partial charge >= 0.3 is 0 Å². The summed E-state index contributed by atoms with van der Waals surface area (Å²) in [6, 6.07) is 21.2. The molecule has 32 heavy (non-hydrogen) atoms. The van der Waals surface area contributed by atoms with E-state index in [-0.39, 0.29) is 5.04 Å². The first-order valence-electron chi connectivity index (χ1n) is 10.5. The summed E-state index contributed by atoms with van der Waals surface area (Å²) in [4.78, 5) is 0. The number of hydrogen-bond acceptors (Lipinski definition) is 1. The molecule has 2 heteroatoms. The number of rotatable bonds is 4. The van der Waals surface area contributed by atoms with Crippen molar-refractivity contribution in [3.05, 3.63) is 85.0 Å². The zero-order valence-electron chi connectivity index (χ0n) is 19.1. The summed E-state index contributed by atoms with van der Waals surface area (Å²) in [5.41, 5.74) is 3.61. The van der Waals surface area contributed by atoms with Crippen LogP contribution < -0.4 is 10.4 Å². The van der Waals surface area contributed by atoms with Crippen LogP contribution in [0.15, 0.2) is 85.0 Å². The van der Waals surface area contributed by atoms with Crippen LogP contribution in [-0.2, 0) is 0 Å². The normalized spacial score (nSPS) is 11.8. The third kappa shape index (κ3) is 6.95. The number of aliphatic hydroxyl groups is 1. The van der Waals surface area contributed by atoms with Gasteiger partial charge in [-0.2, -0.15) is 0 Å². The lowest BCUT2D eigenvalue weighted by Gasteiger charge is -2.39. The Balaban J connectivity index is 2.33. The molecule has 0 bridgehead atoms. The summed E-state index contributed by atoms with van der Waals surface area (Å²) in [5, 5.41) is 11.6. The van der Waals surface area contributed by atoms with E-state index in [4.69, 9.17) is 5.11 Å². The van der Waals surface area contributed by atoms with Gasteiger partial charge in [0.2, 0.25) is 8.07 Å². The Hall–Kier alpha value is -3.66. The highest BCUT2D eigenvalue weighted by atomic mass is 28.3. The Morgan fingerprint density at radius 1 is 0.750 bits per heavy atom. The average Bonchev–Trinajstić information content (AvgIpc) is 2.77. The van der Waals surface area contributed by atoms with E-state index in [1.54, 1.807) is 31.2 Å². The molecule has 1 N–H and O–H groups in total. The lowest BCUT2D eigenvalue weighted by Crippen LogP contribution is -2.63. The third-order valence-electron chi connectivity index (χ3n) is 4.85. The second-order valence-corrected chi connectivity index (χ2v) is 12.6. The molecular weight excluding hydrogens is 404 g/mol. The summed E-state index contributed by atoms with van der Waals surface area (Å²) in [7, 11) is -2.42. The third-order valence-corrected chi connectivity index (χ3v) is 10.0. The molecule has 2 aromatic rings. The minimum absolute atomic E-state index is 0.0316. The molecule has 0 aliphatic carbocycles. The average molecular weight is 433 g/mol. The minimum Gasteiger partial charge on any atom is -0.389 e. The van der Waals surface area contributed by atoms with Gasteiger partial charge in [-0.15, -0.1) is 5.54 Å². The molecule has 2 aromatic carbocycles. The van der Waals surface area contributed by atoms with Gasteiger partial charge in [0, 0.05) is 0 Å². The fourth-order valence-electron chi connectivity index (χ4n) is 3.40. The van der Waals surface area contributed by atoms with Crippen molar-refractivity contribution in [3.63, 3.8) is 0 Å². The van der Waals surface area contributed by atoms with Crippen molar-refractivity contribution in [1.29, 1.82) is 0 Å². The van der Waals surface area contributed by atoms with Crippen LogP contribution in [0, 0.1) is 47.0 Å². The lowest BCUT2D eigenvalue weighted by molar-refractivity contribution is 0.244. The van der Waals surface area contributed by atoms with E-state index in [0.717, 1.165) is 0 Å². The van der Waals surface area contributed by atoms with E-state index in [0.29, 0.717) is 0 Å². The van der Waals surface area contributed by atoms with Crippen molar-refractivity contribution in [1.82, 2.24) is 0 Å². The molecule has 0 amide bonds. The predicted octanol–water partition coefficient (Wildman–Crippen LogP) is 4.10. The highest BCUT2D eigenvalue weighted by molar-refractivity contribution is 7.10. The van der Waals surface area contributed by atoms with Crippen LogP contribution in [0.25, 0.3) is 0 Å². The fraction of sp³-hybridized carbons (Fsp3) is 0.200. The molecule has 1 atom stereocenters. The number of allylic oxidation sites excluding steroid dienone is 3. The molecule has 1 nitrogen and oxygen atoms in total. The van der Waals surface area contributed by atoms with Gasteiger partial charge in [0.25, 0.3) is 0 Å². The molecule has 2 rings (SSSR count). The summed E-state index contributed by atoms with van der Waals surface area (Å²) in [5.74, 6) is 19.8. The van der Waals surface area contributed by atoms with Crippen molar-refractivity contribution in [3.8, 4) is 47.0 Å². The molecule has 1 unspecified atom stereocenters. The predicted molar refractivity (Wildman–Crippen MR) is 139 cm³/mol. The van der Waals surface area contributed by atoms with Crippen LogP contribution >= 0.6 is 0 Å². The zero-order chi connectivity index (χ0) is 23.3. The lowest BCUT2D eigenvalue weighted by atomic mass is 10.2. The van der Waals surface area contributed by atoms with E-state index < -0.39 is 14.2 Å². The zero-order valence-corrected chi connectivity index (χ0v) is 20.1. The standard InChI is InChI=1S/C30H28OSi/c1-27(31)21-15-11-9-7-5-6-8-10-12-20-26-32(30(2,3)4,28-22-16-13-17-23-28)29-24-18-14-19-25-29/h9,11,13-19,21-25,27,31H,1-4H3/b11-9+,21-15+. The van der Waals surface area contributed by atoms with Gasteiger partial charge in [0.15, 0.2) is 0 Å². The Kier molecular flexibility index (Phi) is 9.42. The van der Waals surface area contributed by atoms with Crippen LogP contribution in [-0.4, -0.2) is 19.3 Å². The van der Waals surface area contributed by atoms with Gasteiger partial charge in [0.05, 0.1) is 6.10 Å². The Morgan fingerprint density at radius 2 is 1.25 bits per heavy atom. The first-order valence-corrected chi connectivity index (χ1v) is 12.5. The largest absolute Gasteiger partial charge is 0.389 e. The molecule has 0 aliphatic rings. The summed E-state index contributed by atoms with van der Waals surface area (Å²) < 4.78 is 0. The first kappa shape index (κ1) is 24.6. The van der Waals surface area contributed by atoms with Crippen molar-refractivity contribution in [2.75, 3.05) is 0 Å². The maximum atomic E-state index is 9.12. The quantitative estimate of drug-likeness (QED) is 0.438. The van der Waals surface area contributed by atoms with Crippen LogP contribution in [0.5, 0.6) is 0 Å². The van der Waals surface area contributed by atoms with Crippen LogP contribution in [0.1, 0.15) is 27.7 Å². The molecule has 0 heterocycles. The van der Waals surface area contributed by atoms with E-state index in [1.165, 1.54) is 10.4 Å². The number of benzene rings is 2. The van der Waals surface area contributed by atoms with Crippen LogP contribution in [0.3, 0.4) is 0 Å². The Morgan fingerprint density at radius 3 is 1.75 bits per heavy atom. The van der Waals surface area contributed by atoms with Gasteiger partial charge in [-0.25, -0.2) is 0 Å². The van der Waals surface area contributed by atoms with Gasteiger partial charge in [0.1, 0.15) is 0 Å². The van der Waals surface area contributed by atoms with Crippen LogP contribution in [0.4, 0.5) is 0 Å². The van der Waals surface area contributed by atoms with Crippen LogP contribution in [0.2, 0.25) is 5.04 Å². The number of aliphatic hydroxyl groups excluding tert-OH is 1. The second-order valence-electron chi connectivity index (χ2n) is 8.24. The highest BCUT2D eigenvalue weighted by Gasteiger charge is 2.46. The van der Waals surface area contributed by atoms with Gasteiger partial charge in [-0.05, 0) is 63.9 Å². The van der Waals surface area contributed by atoms with Crippen molar-refractivity contribution in [2.24, 2.45) is 0 Å². The maximum absolute atomic E-state index is 9.12. The number of hydrogen-bond donors (Lipinski definition) is 1. The molecule has 0 aromatic heterocycles. The Bertz CT molecular complexity index is 1140. The monoisotopic (exact) mass is 432 g/mol. The van der Waals surface area contributed by atoms with Crippen molar-refractivity contribution in [2.45, 2.75) is 38.8 Å².